The quantitative estimate of drug-likeness (QED) is 0.530. The maximum absolute atomic E-state index is 10.8. The topological polar surface area (TPSA) is 58.6 Å². The Kier molecular flexibility index (Phi) is 2.15. The van der Waals surface area contributed by atoms with Crippen LogP contribution < -0.4 is 5.32 Å². The van der Waals surface area contributed by atoms with Crippen LogP contribution in [0.5, 0.6) is 0 Å². The summed E-state index contributed by atoms with van der Waals surface area (Å²) in [5, 5.41) is 11.6. The zero-order chi connectivity index (χ0) is 8.48. The molecule has 1 aliphatic rings. The molecule has 0 saturated carbocycles. The normalized spacial score (nSPS) is 29.7. The highest BCUT2D eigenvalue weighted by Gasteiger charge is 2.35. The minimum absolute atomic E-state index is 0.0503. The van der Waals surface area contributed by atoms with E-state index in [0.29, 0.717) is 0 Å². The smallest absolute Gasteiger partial charge is 0.246 e. The van der Waals surface area contributed by atoms with Crippen molar-refractivity contribution in [2.75, 3.05) is 13.2 Å². The Hall–Kier alpha value is -0.610. The molecule has 1 aliphatic heterocycles. The van der Waals surface area contributed by atoms with Gasteiger partial charge >= 0.3 is 0 Å². The van der Waals surface area contributed by atoms with Crippen molar-refractivity contribution in [3.63, 3.8) is 0 Å². The summed E-state index contributed by atoms with van der Waals surface area (Å²) in [6, 6.07) is 0. The first-order valence-electron chi connectivity index (χ1n) is 3.60. The van der Waals surface area contributed by atoms with Crippen molar-refractivity contribution in [1.29, 1.82) is 0 Å². The Labute approximate surface area is 65.5 Å². The van der Waals surface area contributed by atoms with Gasteiger partial charge in [-0.25, -0.2) is 0 Å². The highest BCUT2D eigenvalue weighted by atomic mass is 16.5. The number of carbonyl (C=O) groups excluding carboxylic acids is 1. The van der Waals surface area contributed by atoms with E-state index in [1.165, 1.54) is 0 Å². The van der Waals surface area contributed by atoms with Gasteiger partial charge in [-0.1, -0.05) is 0 Å². The molecule has 1 rings (SSSR count). The van der Waals surface area contributed by atoms with Crippen molar-refractivity contribution in [3.8, 4) is 0 Å². The summed E-state index contributed by atoms with van der Waals surface area (Å²) in [6.45, 7) is 3.64. The molecule has 0 aromatic rings. The molecule has 1 amide bonds. The minimum atomic E-state index is -0.454. The molecule has 1 unspecified atom stereocenters. The average Bonchev–Trinajstić information content (AvgIpc) is 1.85. The number of hydrogen-bond acceptors (Lipinski definition) is 3. The van der Waals surface area contributed by atoms with E-state index in [4.69, 9.17) is 9.84 Å². The minimum Gasteiger partial charge on any atom is -0.394 e. The maximum Gasteiger partial charge on any atom is 0.246 e. The lowest BCUT2D eigenvalue weighted by Gasteiger charge is -2.37. The SMILES string of the molecule is CC1(C)NC(=O)COC1CO. The number of hydrogen-bond donors (Lipinski definition) is 2. The second-order valence-electron chi connectivity index (χ2n) is 3.25. The van der Waals surface area contributed by atoms with Gasteiger partial charge in [0.2, 0.25) is 5.91 Å². The second kappa shape index (κ2) is 2.79. The van der Waals surface area contributed by atoms with Gasteiger partial charge in [0.25, 0.3) is 0 Å². The van der Waals surface area contributed by atoms with E-state index in [1.807, 2.05) is 13.8 Å². The van der Waals surface area contributed by atoms with Crippen LogP contribution in [0.3, 0.4) is 0 Å². The largest absolute Gasteiger partial charge is 0.394 e. The van der Waals surface area contributed by atoms with E-state index in [9.17, 15) is 4.79 Å². The number of amides is 1. The lowest BCUT2D eigenvalue weighted by atomic mass is 9.96. The molecule has 0 bridgehead atoms. The molecule has 1 atom stereocenters. The zero-order valence-electron chi connectivity index (χ0n) is 6.76. The van der Waals surface area contributed by atoms with Crippen molar-refractivity contribution < 1.29 is 14.6 Å². The number of nitrogens with one attached hydrogen (secondary N) is 1. The van der Waals surface area contributed by atoms with Gasteiger partial charge in [-0.2, -0.15) is 0 Å². The molecule has 0 aliphatic carbocycles. The average molecular weight is 159 g/mol. The monoisotopic (exact) mass is 159 g/mol. The van der Waals surface area contributed by atoms with E-state index in [1.54, 1.807) is 0 Å². The molecule has 4 heteroatoms. The van der Waals surface area contributed by atoms with Crippen LogP contribution in [-0.2, 0) is 9.53 Å². The van der Waals surface area contributed by atoms with Gasteiger partial charge in [0.15, 0.2) is 0 Å². The summed E-state index contributed by atoms with van der Waals surface area (Å²) in [6.07, 6.45) is -0.291. The van der Waals surface area contributed by atoms with Gasteiger partial charge in [0, 0.05) is 0 Å². The summed E-state index contributed by atoms with van der Waals surface area (Å²) >= 11 is 0. The zero-order valence-corrected chi connectivity index (χ0v) is 6.76. The van der Waals surface area contributed by atoms with E-state index in [0.717, 1.165) is 0 Å². The molecule has 0 spiro atoms. The predicted molar refractivity (Wildman–Crippen MR) is 39.0 cm³/mol. The van der Waals surface area contributed by atoms with E-state index in [-0.39, 0.29) is 25.2 Å². The standard InChI is InChI=1S/C7H13NO3/c1-7(2)5(3-9)11-4-6(10)8-7/h5,9H,3-4H2,1-2H3,(H,8,10). The number of carbonyl (C=O) groups is 1. The lowest BCUT2D eigenvalue weighted by Crippen LogP contribution is -2.60. The number of aliphatic hydroxyl groups excluding tert-OH is 1. The first-order valence-corrected chi connectivity index (χ1v) is 3.60. The molecule has 0 radical (unpaired) electrons. The third-order valence-corrected chi connectivity index (χ3v) is 1.85. The lowest BCUT2D eigenvalue weighted by molar-refractivity contribution is -0.144. The number of ether oxygens (including phenoxy) is 1. The fourth-order valence-electron chi connectivity index (χ4n) is 1.14. The van der Waals surface area contributed by atoms with Gasteiger partial charge in [-0.05, 0) is 13.8 Å². The number of aliphatic hydroxyl groups is 1. The van der Waals surface area contributed by atoms with Crippen LogP contribution in [0.2, 0.25) is 0 Å². The molecule has 1 heterocycles. The molecule has 0 aromatic heterocycles. The third-order valence-electron chi connectivity index (χ3n) is 1.85. The Morgan fingerprint density at radius 2 is 2.45 bits per heavy atom. The van der Waals surface area contributed by atoms with Crippen LogP contribution in [0, 0.1) is 0 Å². The second-order valence-corrected chi connectivity index (χ2v) is 3.25. The van der Waals surface area contributed by atoms with Crippen LogP contribution in [0.1, 0.15) is 13.8 Å². The number of rotatable bonds is 1. The highest BCUT2D eigenvalue weighted by molar-refractivity contribution is 5.78. The fourth-order valence-corrected chi connectivity index (χ4v) is 1.14. The van der Waals surface area contributed by atoms with Crippen LogP contribution in [-0.4, -0.2) is 35.9 Å². The Bertz CT molecular complexity index is 167. The fraction of sp³-hybridized carbons (Fsp3) is 0.857. The molecule has 2 N–H and O–H groups in total. The first kappa shape index (κ1) is 8.49. The Morgan fingerprint density at radius 1 is 1.82 bits per heavy atom. The van der Waals surface area contributed by atoms with Crippen molar-refractivity contribution in [1.82, 2.24) is 5.32 Å². The summed E-state index contributed by atoms with van der Waals surface area (Å²) in [5.41, 5.74) is -0.454. The van der Waals surface area contributed by atoms with Gasteiger partial charge < -0.3 is 15.2 Å². The first-order chi connectivity index (χ1) is 5.06. The summed E-state index contributed by atoms with van der Waals surface area (Å²) < 4.78 is 5.09. The maximum atomic E-state index is 10.8. The van der Waals surface area contributed by atoms with E-state index < -0.39 is 5.54 Å². The van der Waals surface area contributed by atoms with Gasteiger partial charge in [0.1, 0.15) is 12.7 Å². The molecule has 1 fully saturated rings. The van der Waals surface area contributed by atoms with Gasteiger partial charge in [0.05, 0.1) is 12.1 Å². The van der Waals surface area contributed by atoms with E-state index >= 15 is 0 Å². The summed E-state index contributed by atoms with van der Waals surface area (Å²) in [5.74, 6) is -0.125. The van der Waals surface area contributed by atoms with Crippen LogP contribution in [0.15, 0.2) is 0 Å². The van der Waals surface area contributed by atoms with Crippen molar-refractivity contribution >= 4 is 5.91 Å². The molecular formula is C7H13NO3. The molecule has 11 heavy (non-hydrogen) atoms. The van der Waals surface area contributed by atoms with Crippen molar-refractivity contribution in [2.24, 2.45) is 0 Å². The Morgan fingerprint density at radius 3 is 2.91 bits per heavy atom. The van der Waals surface area contributed by atoms with Gasteiger partial charge in [-0.3, -0.25) is 4.79 Å². The molecule has 4 nitrogen and oxygen atoms in total. The van der Waals surface area contributed by atoms with Crippen LogP contribution in [0.25, 0.3) is 0 Å². The van der Waals surface area contributed by atoms with Crippen LogP contribution in [0.4, 0.5) is 0 Å². The molecular weight excluding hydrogens is 146 g/mol. The molecule has 64 valence electrons. The van der Waals surface area contributed by atoms with Crippen molar-refractivity contribution in [2.45, 2.75) is 25.5 Å². The van der Waals surface area contributed by atoms with E-state index in [2.05, 4.69) is 5.32 Å². The predicted octanol–water partition coefficient (Wildman–Crippen LogP) is -0.728. The van der Waals surface area contributed by atoms with Gasteiger partial charge in [-0.15, -0.1) is 0 Å². The molecule has 1 saturated heterocycles. The highest BCUT2D eigenvalue weighted by Crippen LogP contribution is 2.15. The summed E-state index contributed by atoms with van der Waals surface area (Å²) in [4.78, 5) is 10.8. The Balaban J connectivity index is 2.63. The molecule has 0 aromatic carbocycles. The number of morpholine rings is 1. The van der Waals surface area contributed by atoms with Crippen molar-refractivity contribution in [3.05, 3.63) is 0 Å². The third kappa shape index (κ3) is 1.70. The summed E-state index contributed by atoms with van der Waals surface area (Å²) in [7, 11) is 0. The van der Waals surface area contributed by atoms with Crippen LogP contribution >= 0.6 is 0 Å².